The van der Waals surface area contributed by atoms with Crippen molar-refractivity contribution in [2.45, 2.75) is 19.8 Å². The molecule has 11 heavy (non-hydrogen) atoms. The molecule has 1 amide bonds. The SMILES string of the molecule is CCCNC(=O)OCCCI. The van der Waals surface area contributed by atoms with Gasteiger partial charge in [0.25, 0.3) is 0 Å². The molecule has 0 radical (unpaired) electrons. The Balaban J connectivity index is 3.09. The van der Waals surface area contributed by atoms with Gasteiger partial charge in [0.15, 0.2) is 0 Å². The Bertz CT molecular complexity index is 109. The molecule has 0 saturated heterocycles. The summed E-state index contributed by atoms with van der Waals surface area (Å²) < 4.78 is 5.86. The van der Waals surface area contributed by atoms with Crippen LogP contribution in [0.3, 0.4) is 0 Å². The standard InChI is InChI=1S/C7H14INO2/c1-2-5-9-7(10)11-6-3-4-8/h2-6H2,1H3,(H,9,10). The molecule has 0 aliphatic rings. The molecule has 3 nitrogen and oxygen atoms in total. The van der Waals surface area contributed by atoms with Gasteiger partial charge < -0.3 is 10.1 Å². The molecule has 0 rings (SSSR count). The van der Waals surface area contributed by atoms with Gasteiger partial charge in [0.1, 0.15) is 0 Å². The summed E-state index contributed by atoms with van der Waals surface area (Å²) in [4.78, 5) is 10.7. The molecule has 0 bridgehead atoms. The van der Waals surface area contributed by atoms with E-state index in [1.165, 1.54) is 0 Å². The van der Waals surface area contributed by atoms with Crippen molar-refractivity contribution >= 4 is 28.7 Å². The van der Waals surface area contributed by atoms with Gasteiger partial charge in [-0.1, -0.05) is 29.5 Å². The number of hydrogen-bond donors (Lipinski definition) is 1. The quantitative estimate of drug-likeness (QED) is 0.471. The smallest absolute Gasteiger partial charge is 0.407 e. The number of alkyl carbamates (subject to hydrolysis) is 1. The van der Waals surface area contributed by atoms with E-state index in [0.29, 0.717) is 13.2 Å². The molecule has 0 atom stereocenters. The number of rotatable bonds is 5. The Hall–Kier alpha value is 0. The zero-order valence-electron chi connectivity index (χ0n) is 6.73. The van der Waals surface area contributed by atoms with Gasteiger partial charge in [0.2, 0.25) is 0 Å². The van der Waals surface area contributed by atoms with E-state index in [-0.39, 0.29) is 6.09 Å². The molecule has 1 N–H and O–H groups in total. The van der Waals surface area contributed by atoms with Crippen LogP contribution >= 0.6 is 22.6 Å². The van der Waals surface area contributed by atoms with Gasteiger partial charge in [-0.05, 0) is 12.8 Å². The molecule has 0 aromatic heterocycles. The molecule has 0 unspecified atom stereocenters. The monoisotopic (exact) mass is 271 g/mol. The summed E-state index contributed by atoms with van der Waals surface area (Å²) in [5.41, 5.74) is 0. The third kappa shape index (κ3) is 7.90. The molecular formula is C7H14INO2. The van der Waals surface area contributed by atoms with Crippen LogP contribution in [0.5, 0.6) is 0 Å². The zero-order chi connectivity index (χ0) is 8.53. The van der Waals surface area contributed by atoms with Crippen molar-refractivity contribution < 1.29 is 9.53 Å². The minimum absolute atomic E-state index is 0.295. The third-order valence-corrected chi connectivity index (χ3v) is 1.79. The number of hydrogen-bond acceptors (Lipinski definition) is 2. The van der Waals surface area contributed by atoms with E-state index in [9.17, 15) is 4.79 Å². The molecule has 0 aromatic rings. The lowest BCUT2D eigenvalue weighted by molar-refractivity contribution is 0.147. The minimum atomic E-state index is -0.295. The summed E-state index contributed by atoms with van der Waals surface area (Å²) in [5.74, 6) is 0. The number of carbonyl (C=O) groups excluding carboxylic acids is 1. The van der Waals surface area contributed by atoms with E-state index >= 15 is 0 Å². The molecule has 0 aliphatic carbocycles. The van der Waals surface area contributed by atoms with Gasteiger partial charge >= 0.3 is 6.09 Å². The van der Waals surface area contributed by atoms with Crippen LogP contribution in [-0.2, 0) is 4.74 Å². The van der Waals surface area contributed by atoms with Crippen molar-refractivity contribution in [2.75, 3.05) is 17.6 Å². The van der Waals surface area contributed by atoms with E-state index in [1.807, 2.05) is 6.92 Å². The summed E-state index contributed by atoms with van der Waals surface area (Å²) in [6.45, 7) is 3.23. The highest BCUT2D eigenvalue weighted by molar-refractivity contribution is 14.1. The van der Waals surface area contributed by atoms with Crippen LogP contribution in [-0.4, -0.2) is 23.7 Å². The van der Waals surface area contributed by atoms with E-state index in [1.54, 1.807) is 0 Å². The normalized spacial score (nSPS) is 9.27. The van der Waals surface area contributed by atoms with E-state index in [2.05, 4.69) is 27.9 Å². The number of amides is 1. The van der Waals surface area contributed by atoms with E-state index in [4.69, 9.17) is 4.74 Å². The average molecular weight is 271 g/mol. The van der Waals surface area contributed by atoms with Gasteiger partial charge in [0.05, 0.1) is 6.61 Å². The fourth-order valence-electron chi connectivity index (χ4n) is 0.498. The van der Waals surface area contributed by atoms with Gasteiger partial charge in [-0.25, -0.2) is 4.79 Å². The van der Waals surface area contributed by atoms with Gasteiger partial charge in [0, 0.05) is 11.0 Å². The van der Waals surface area contributed by atoms with Gasteiger partial charge in [-0.3, -0.25) is 0 Å². The Kier molecular flexibility index (Phi) is 8.10. The number of nitrogens with one attached hydrogen (secondary N) is 1. The fraction of sp³-hybridized carbons (Fsp3) is 0.857. The van der Waals surface area contributed by atoms with Crippen LogP contribution in [0, 0.1) is 0 Å². The molecule has 4 heteroatoms. The van der Waals surface area contributed by atoms with Crippen molar-refractivity contribution in [3.05, 3.63) is 0 Å². The Morgan fingerprint density at radius 3 is 2.91 bits per heavy atom. The second-order valence-corrected chi connectivity index (χ2v) is 3.18. The van der Waals surface area contributed by atoms with E-state index < -0.39 is 0 Å². The third-order valence-electron chi connectivity index (χ3n) is 1.03. The number of carbonyl (C=O) groups is 1. The second-order valence-electron chi connectivity index (χ2n) is 2.11. The molecule has 0 spiro atoms. The summed E-state index contributed by atoms with van der Waals surface area (Å²) in [5, 5.41) is 2.63. The van der Waals surface area contributed by atoms with Crippen LogP contribution in [0.15, 0.2) is 0 Å². The number of ether oxygens (including phenoxy) is 1. The average Bonchev–Trinajstić information content (AvgIpc) is 2.01. The van der Waals surface area contributed by atoms with Crippen molar-refractivity contribution in [2.24, 2.45) is 0 Å². The predicted molar refractivity (Wildman–Crippen MR) is 53.1 cm³/mol. The minimum Gasteiger partial charge on any atom is -0.450 e. The van der Waals surface area contributed by atoms with Gasteiger partial charge in [-0.15, -0.1) is 0 Å². The molecule has 0 heterocycles. The summed E-state index contributed by atoms with van der Waals surface area (Å²) in [6, 6.07) is 0. The van der Waals surface area contributed by atoms with Crippen LogP contribution in [0.25, 0.3) is 0 Å². The largest absolute Gasteiger partial charge is 0.450 e. The van der Waals surface area contributed by atoms with Gasteiger partial charge in [-0.2, -0.15) is 0 Å². The summed E-state index contributed by atoms with van der Waals surface area (Å²) in [6.07, 6.45) is 1.58. The maximum absolute atomic E-state index is 10.7. The van der Waals surface area contributed by atoms with E-state index in [0.717, 1.165) is 17.3 Å². The van der Waals surface area contributed by atoms with Crippen molar-refractivity contribution in [1.82, 2.24) is 5.32 Å². The second kappa shape index (κ2) is 8.10. The lowest BCUT2D eigenvalue weighted by Crippen LogP contribution is -2.25. The number of alkyl halides is 1. The van der Waals surface area contributed by atoms with Crippen LogP contribution in [0.2, 0.25) is 0 Å². The Morgan fingerprint density at radius 2 is 2.36 bits per heavy atom. The fourth-order valence-corrected chi connectivity index (χ4v) is 0.809. The Labute approximate surface area is 81.0 Å². The first kappa shape index (κ1) is 11.0. The topological polar surface area (TPSA) is 38.3 Å². The first-order chi connectivity index (χ1) is 5.31. The highest BCUT2D eigenvalue weighted by Gasteiger charge is 1.97. The summed E-state index contributed by atoms with van der Waals surface area (Å²) >= 11 is 2.25. The van der Waals surface area contributed by atoms with Crippen molar-refractivity contribution in [3.8, 4) is 0 Å². The van der Waals surface area contributed by atoms with Crippen molar-refractivity contribution in [3.63, 3.8) is 0 Å². The predicted octanol–water partition coefficient (Wildman–Crippen LogP) is 1.95. The zero-order valence-corrected chi connectivity index (χ0v) is 8.89. The lowest BCUT2D eigenvalue weighted by Gasteiger charge is -2.03. The number of halogens is 1. The van der Waals surface area contributed by atoms with Crippen molar-refractivity contribution in [1.29, 1.82) is 0 Å². The Morgan fingerprint density at radius 1 is 1.64 bits per heavy atom. The lowest BCUT2D eigenvalue weighted by atomic mass is 10.5. The molecular weight excluding hydrogens is 257 g/mol. The molecule has 0 aromatic carbocycles. The molecule has 0 saturated carbocycles. The first-order valence-electron chi connectivity index (χ1n) is 3.77. The first-order valence-corrected chi connectivity index (χ1v) is 5.30. The molecule has 66 valence electrons. The molecule has 0 aliphatic heterocycles. The van der Waals surface area contributed by atoms with Crippen LogP contribution in [0.1, 0.15) is 19.8 Å². The highest BCUT2D eigenvalue weighted by atomic mass is 127. The maximum Gasteiger partial charge on any atom is 0.407 e. The van der Waals surface area contributed by atoms with Crippen LogP contribution in [0.4, 0.5) is 4.79 Å². The maximum atomic E-state index is 10.7. The molecule has 0 fully saturated rings. The highest BCUT2D eigenvalue weighted by Crippen LogP contribution is 1.89. The summed E-state index contributed by atoms with van der Waals surface area (Å²) in [7, 11) is 0. The van der Waals surface area contributed by atoms with Crippen LogP contribution < -0.4 is 5.32 Å².